The molecule has 1 aliphatic rings. The number of hydrogen-bond acceptors (Lipinski definition) is 4. The van der Waals surface area contributed by atoms with E-state index < -0.39 is 10.5 Å². The molecule has 0 radical (unpaired) electrons. The highest BCUT2D eigenvalue weighted by Gasteiger charge is 2.35. The Bertz CT molecular complexity index is 592. The summed E-state index contributed by atoms with van der Waals surface area (Å²) in [5.41, 5.74) is 0.899. The lowest BCUT2D eigenvalue weighted by Gasteiger charge is -2.35. The van der Waals surface area contributed by atoms with Gasteiger partial charge in [0.05, 0.1) is 24.4 Å². The molecule has 2 rings (SSSR count). The molecule has 0 amide bonds. The summed E-state index contributed by atoms with van der Waals surface area (Å²) >= 11 is 0. The van der Waals surface area contributed by atoms with Gasteiger partial charge in [0.15, 0.2) is 0 Å². The summed E-state index contributed by atoms with van der Waals surface area (Å²) in [6.45, 7) is 7.78. The van der Waals surface area contributed by atoms with Gasteiger partial charge in [-0.05, 0) is 32.4 Å². The number of piperidine rings is 1. The number of nitrogens with zero attached hydrogens (tertiary/aromatic N) is 1. The smallest absolute Gasteiger partial charge is 0.310 e. The number of benzene rings is 1. The number of hydrogen-bond donors (Lipinski definition) is 1. The SMILES string of the molecule is Cc1cc(CC(=O)OC(C)(C)C2CC[NH2+]CC2)ccc1[N+](=O)[O-]. The molecule has 1 aromatic carbocycles. The zero-order valence-corrected chi connectivity index (χ0v) is 14.0. The maximum absolute atomic E-state index is 12.2. The molecule has 0 unspecified atom stereocenters. The number of nitro benzene ring substituents is 1. The average Bonchev–Trinajstić information content (AvgIpc) is 2.47. The van der Waals surface area contributed by atoms with E-state index >= 15 is 0 Å². The Kier molecular flexibility index (Phi) is 5.36. The second-order valence-electron chi connectivity index (χ2n) is 6.77. The predicted octanol–water partition coefficient (Wildman–Crippen LogP) is 1.74. The normalized spacial score (nSPS) is 16.1. The molecular weight excluding hydrogens is 296 g/mol. The average molecular weight is 321 g/mol. The summed E-state index contributed by atoms with van der Waals surface area (Å²) in [7, 11) is 0. The lowest BCUT2D eigenvalue weighted by atomic mass is 9.83. The molecule has 0 bridgehead atoms. The first-order valence-corrected chi connectivity index (χ1v) is 8.07. The molecule has 0 saturated carbocycles. The molecule has 0 aliphatic carbocycles. The molecule has 1 heterocycles. The highest BCUT2D eigenvalue weighted by Crippen LogP contribution is 2.28. The van der Waals surface area contributed by atoms with E-state index in [1.807, 2.05) is 13.8 Å². The molecule has 0 atom stereocenters. The van der Waals surface area contributed by atoms with Crippen LogP contribution in [0.3, 0.4) is 0 Å². The van der Waals surface area contributed by atoms with Crippen LogP contribution in [0.15, 0.2) is 18.2 Å². The molecule has 23 heavy (non-hydrogen) atoms. The Hall–Kier alpha value is -1.95. The van der Waals surface area contributed by atoms with E-state index in [0.29, 0.717) is 11.5 Å². The van der Waals surface area contributed by atoms with Gasteiger partial charge in [-0.3, -0.25) is 14.9 Å². The lowest BCUT2D eigenvalue weighted by molar-refractivity contribution is -0.665. The molecule has 0 spiro atoms. The largest absolute Gasteiger partial charge is 0.459 e. The zero-order valence-electron chi connectivity index (χ0n) is 14.0. The minimum Gasteiger partial charge on any atom is -0.459 e. The van der Waals surface area contributed by atoms with Gasteiger partial charge >= 0.3 is 5.97 Å². The third kappa shape index (κ3) is 4.51. The van der Waals surface area contributed by atoms with Gasteiger partial charge in [-0.1, -0.05) is 6.07 Å². The third-order valence-corrected chi connectivity index (χ3v) is 4.60. The van der Waals surface area contributed by atoms with Crippen LogP contribution in [0.1, 0.15) is 37.8 Å². The van der Waals surface area contributed by atoms with E-state index in [1.165, 1.54) is 6.07 Å². The molecule has 1 aromatic rings. The topological polar surface area (TPSA) is 86.0 Å². The van der Waals surface area contributed by atoms with Crippen LogP contribution in [-0.4, -0.2) is 29.6 Å². The second kappa shape index (κ2) is 7.08. The van der Waals surface area contributed by atoms with E-state index in [0.717, 1.165) is 31.5 Å². The van der Waals surface area contributed by atoms with Crippen molar-refractivity contribution in [3.63, 3.8) is 0 Å². The van der Waals surface area contributed by atoms with Crippen LogP contribution in [0.2, 0.25) is 0 Å². The fourth-order valence-electron chi connectivity index (χ4n) is 3.23. The third-order valence-electron chi connectivity index (χ3n) is 4.60. The fraction of sp³-hybridized carbons (Fsp3) is 0.588. The predicted molar refractivity (Wildman–Crippen MR) is 86.1 cm³/mol. The maximum Gasteiger partial charge on any atom is 0.310 e. The fourth-order valence-corrected chi connectivity index (χ4v) is 3.23. The van der Waals surface area contributed by atoms with Crippen molar-refractivity contribution in [2.75, 3.05) is 13.1 Å². The van der Waals surface area contributed by atoms with Crippen molar-refractivity contribution in [2.24, 2.45) is 5.92 Å². The Balaban J connectivity index is 1.98. The quantitative estimate of drug-likeness (QED) is 0.508. The molecule has 1 fully saturated rings. The number of aryl methyl sites for hydroxylation is 1. The highest BCUT2D eigenvalue weighted by atomic mass is 16.6. The monoisotopic (exact) mass is 321 g/mol. The van der Waals surface area contributed by atoms with Crippen LogP contribution < -0.4 is 5.32 Å². The summed E-state index contributed by atoms with van der Waals surface area (Å²) in [6.07, 6.45) is 2.24. The van der Waals surface area contributed by atoms with Crippen LogP contribution in [0.4, 0.5) is 5.69 Å². The van der Waals surface area contributed by atoms with Crippen molar-refractivity contribution in [1.29, 1.82) is 0 Å². The molecule has 6 nitrogen and oxygen atoms in total. The molecule has 0 aromatic heterocycles. The number of esters is 1. The van der Waals surface area contributed by atoms with Gasteiger partial charge in [0, 0.05) is 30.4 Å². The van der Waals surface area contributed by atoms with Gasteiger partial charge in [-0.2, -0.15) is 0 Å². The van der Waals surface area contributed by atoms with E-state index in [1.54, 1.807) is 19.1 Å². The van der Waals surface area contributed by atoms with E-state index in [2.05, 4.69) is 5.32 Å². The molecule has 126 valence electrons. The number of carbonyl (C=O) groups excluding carboxylic acids is 1. The van der Waals surface area contributed by atoms with Crippen LogP contribution >= 0.6 is 0 Å². The molecular formula is C17H25N2O4+. The van der Waals surface area contributed by atoms with Crippen molar-refractivity contribution < 1.29 is 19.8 Å². The van der Waals surface area contributed by atoms with Crippen molar-refractivity contribution in [1.82, 2.24) is 0 Å². The van der Waals surface area contributed by atoms with Crippen LogP contribution in [0.5, 0.6) is 0 Å². The summed E-state index contributed by atoms with van der Waals surface area (Å²) < 4.78 is 5.71. The summed E-state index contributed by atoms with van der Waals surface area (Å²) in [6, 6.07) is 4.75. The first-order valence-electron chi connectivity index (χ1n) is 8.07. The minimum atomic E-state index is -0.471. The van der Waals surface area contributed by atoms with Crippen LogP contribution in [-0.2, 0) is 16.0 Å². The van der Waals surface area contributed by atoms with E-state index in [4.69, 9.17) is 4.74 Å². The van der Waals surface area contributed by atoms with Crippen molar-refractivity contribution in [3.8, 4) is 0 Å². The Morgan fingerprint density at radius 3 is 2.61 bits per heavy atom. The van der Waals surface area contributed by atoms with E-state index in [9.17, 15) is 14.9 Å². The number of nitro groups is 1. The van der Waals surface area contributed by atoms with Gasteiger partial charge in [0.1, 0.15) is 5.60 Å². The lowest BCUT2D eigenvalue weighted by Crippen LogP contribution is -2.86. The van der Waals surface area contributed by atoms with Crippen molar-refractivity contribution >= 4 is 11.7 Å². The van der Waals surface area contributed by atoms with Gasteiger partial charge in [0.25, 0.3) is 5.69 Å². The second-order valence-corrected chi connectivity index (χ2v) is 6.77. The van der Waals surface area contributed by atoms with Gasteiger partial charge in [-0.15, -0.1) is 0 Å². The number of ether oxygens (including phenoxy) is 1. The Morgan fingerprint density at radius 1 is 1.39 bits per heavy atom. The maximum atomic E-state index is 12.2. The van der Waals surface area contributed by atoms with Crippen LogP contribution in [0.25, 0.3) is 0 Å². The first kappa shape index (κ1) is 17.4. The first-order chi connectivity index (χ1) is 10.8. The summed E-state index contributed by atoms with van der Waals surface area (Å²) in [5.74, 6) is 0.104. The van der Waals surface area contributed by atoms with Gasteiger partial charge in [-0.25, -0.2) is 0 Å². The Morgan fingerprint density at radius 2 is 2.04 bits per heavy atom. The minimum absolute atomic E-state index is 0.0703. The molecule has 1 aliphatic heterocycles. The van der Waals surface area contributed by atoms with Crippen molar-refractivity contribution in [2.45, 2.75) is 45.6 Å². The number of quaternary nitrogens is 1. The van der Waals surface area contributed by atoms with Crippen LogP contribution in [0, 0.1) is 23.0 Å². The molecule has 1 saturated heterocycles. The molecule has 2 N–H and O–H groups in total. The van der Waals surface area contributed by atoms with Crippen molar-refractivity contribution in [3.05, 3.63) is 39.4 Å². The number of rotatable bonds is 5. The number of nitrogens with two attached hydrogens (primary N) is 1. The van der Waals surface area contributed by atoms with Gasteiger partial charge < -0.3 is 10.1 Å². The standard InChI is InChI=1S/C17H24N2O4/c1-12-10-13(4-5-15(12)19(21)22)11-16(20)23-17(2,3)14-6-8-18-9-7-14/h4-5,10,14,18H,6-9,11H2,1-3H3/p+1. The van der Waals surface area contributed by atoms with Gasteiger partial charge in [0.2, 0.25) is 0 Å². The zero-order chi connectivity index (χ0) is 17.0. The summed E-state index contributed by atoms with van der Waals surface area (Å²) in [4.78, 5) is 22.7. The Labute approximate surface area is 136 Å². The van der Waals surface area contributed by atoms with E-state index in [-0.39, 0.29) is 18.1 Å². The molecule has 6 heteroatoms. The number of carbonyl (C=O) groups is 1. The summed E-state index contributed by atoms with van der Waals surface area (Å²) in [5, 5.41) is 13.1. The highest BCUT2D eigenvalue weighted by molar-refractivity contribution is 5.73.